The molecule has 1 rings (SSSR count). The molecule has 0 aliphatic carbocycles. The third-order valence-electron chi connectivity index (χ3n) is 2.35. The van der Waals surface area contributed by atoms with Gasteiger partial charge in [-0.1, -0.05) is 19.1 Å². The van der Waals surface area contributed by atoms with Crippen LogP contribution in [-0.2, 0) is 11.2 Å². The first-order chi connectivity index (χ1) is 7.13. The van der Waals surface area contributed by atoms with Crippen molar-refractivity contribution < 1.29 is 9.90 Å². The van der Waals surface area contributed by atoms with Gasteiger partial charge in [0.25, 0.3) is 0 Å². The van der Waals surface area contributed by atoms with Crippen LogP contribution in [0, 0.1) is 5.92 Å². The van der Waals surface area contributed by atoms with Gasteiger partial charge in [0.1, 0.15) is 11.5 Å². The van der Waals surface area contributed by atoms with E-state index < -0.39 is 0 Å². The average Bonchev–Trinajstić information content (AvgIpc) is 2.18. The number of Topliss-reactive ketones (excluding diaryl/α,β-unsaturated/α-hetero) is 1. The standard InChI is InChI=1S/C12H17NO2/c1-9(8-13-2)12(15)7-10-4-3-5-11(14)6-10/h3-6,9,13-14H,7-8H2,1-2H3. The zero-order valence-electron chi connectivity index (χ0n) is 9.16. The first-order valence-corrected chi connectivity index (χ1v) is 5.08. The molecular formula is C12H17NO2. The lowest BCUT2D eigenvalue weighted by atomic mass is 9.99. The molecule has 0 bridgehead atoms. The fraction of sp³-hybridized carbons (Fsp3) is 0.417. The maximum Gasteiger partial charge on any atom is 0.141 e. The highest BCUT2D eigenvalue weighted by atomic mass is 16.3. The van der Waals surface area contributed by atoms with Crippen molar-refractivity contribution in [2.75, 3.05) is 13.6 Å². The molecule has 1 unspecified atom stereocenters. The number of benzene rings is 1. The van der Waals surface area contributed by atoms with Gasteiger partial charge in [-0.15, -0.1) is 0 Å². The summed E-state index contributed by atoms with van der Waals surface area (Å²) < 4.78 is 0. The lowest BCUT2D eigenvalue weighted by Crippen LogP contribution is -2.24. The van der Waals surface area contributed by atoms with Crippen LogP contribution >= 0.6 is 0 Å². The highest BCUT2D eigenvalue weighted by Gasteiger charge is 2.12. The molecule has 15 heavy (non-hydrogen) atoms. The van der Waals surface area contributed by atoms with Crippen molar-refractivity contribution in [2.24, 2.45) is 5.92 Å². The fourth-order valence-electron chi connectivity index (χ4n) is 1.46. The Bertz CT molecular complexity index is 336. The molecule has 0 aliphatic rings. The Hall–Kier alpha value is -1.35. The third kappa shape index (κ3) is 3.72. The van der Waals surface area contributed by atoms with Crippen LogP contribution in [0.15, 0.2) is 24.3 Å². The van der Waals surface area contributed by atoms with Gasteiger partial charge in [0.15, 0.2) is 0 Å². The number of hydrogen-bond acceptors (Lipinski definition) is 3. The number of ketones is 1. The summed E-state index contributed by atoms with van der Waals surface area (Å²) in [5, 5.41) is 12.2. The average molecular weight is 207 g/mol. The van der Waals surface area contributed by atoms with Crippen LogP contribution in [0.4, 0.5) is 0 Å². The molecule has 0 aliphatic heterocycles. The summed E-state index contributed by atoms with van der Waals surface area (Å²) in [6, 6.07) is 6.83. The summed E-state index contributed by atoms with van der Waals surface area (Å²) in [7, 11) is 1.83. The number of rotatable bonds is 5. The first kappa shape index (κ1) is 11.7. The van der Waals surface area contributed by atoms with Crippen LogP contribution in [0.1, 0.15) is 12.5 Å². The summed E-state index contributed by atoms with van der Waals surface area (Å²) in [5.41, 5.74) is 0.864. The largest absolute Gasteiger partial charge is 0.508 e. The van der Waals surface area contributed by atoms with Gasteiger partial charge in [-0.2, -0.15) is 0 Å². The van der Waals surface area contributed by atoms with Crippen LogP contribution in [0.25, 0.3) is 0 Å². The van der Waals surface area contributed by atoms with Crippen molar-refractivity contribution in [3.63, 3.8) is 0 Å². The second-order valence-corrected chi connectivity index (χ2v) is 3.77. The van der Waals surface area contributed by atoms with Crippen LogP contribution in [0.2, 0.25) is 0 Å². The minimum Gasteiger partial charge on any atom is -0.508 e. The Labute approximate surface area is 90.1 Å². The van der Waals surface area contributed by atoms with Crippen molar-refractivity contribution in [3.8, 4) is 5.75 Å². The zero-order chi connectivity index (χ0) is 11.3. The van der Waals surface area contributed by atoms with Crippen molar-refractivity contribution in [2.45, 2.75) is 13.3 Å². The van der Waals surface area contributed by atoms with E-state index in [0.29, 0.717) is 13.0 Å². The Morgan fingerprint density at radius 2 is 2.27 bits per heavy atom. The van der Waals surface area contributed by atoms with Gasteiger partial charge in [0.05, 0.1) is 0 Å². The lowest BCUT2D eigenvalue weighted by molar-refractivity contribution is -0.121. The maximum atomic E-state index is 11.7. The van der Waals surface area contributed by atoms with E-state index in [0.717, 1.165) is 5.56 Å². The summed E-state index contributed by atoms with van der Waals surface area (Å²) in [6.45, 7) is 2.60. The number of aromatic hydroxyl groups is 1. The van der Waals surface area contributed by atoms with Gasteiger partial charge in [-0.25, -0.2) is 0 Å². The molecule has 0 saturated carbocycles. The lowest BCUT2D eigenvalue weighted by Gasteiger charge is -2.09. The molecule has 0 spiro atoms. The second-order valence-electron chi connectivity index (χ2n) is 3.77. The number of hydrogen-bond donors (Lipinski definition) is 2. The Morgan fingerprint density at radius 3 is 2.87 bits per heavy atom. The molecule has 2 N–H and O–H groups in total. The molecule has 0 amide bonds. The molecule has 3 nitrogen and oxygen atoms in total. The predicted molar refractivity (Wildman–Crippen MR) is 59.9 cm³/mol. The molecule has 1 aromatic rings. The SMILES string of the molecule is CNCC(C)C(=O)Cc1cccc(O)c1. The van der Waals surface area contributed by atoms with Crippen molar-refractivity contribution >= 4 is 5.78 Å². The monoisotopic (exact) mass is 207 g/mol. The molecule has 0 fully saturated rings. The molecular weight excluding hydrogens is 190 g/mol. The van der Waals surface area contributed by atoms with Gasteiger partial charge in [0, 0.05) is 18.9 Å². The number of phenols is 1. The van der Waals surface area contributed by atoms with E-state index in [1.54, 1.807) is 18.2 Å². The van der Waals surface area contributed by atoms with Crippen molar-refractivity contribution in [1.29, 1.82) is 0 Å². The summed E-state index contributed by atoms with van der Waals surface area (Å²) in [6.07, 6.45) is 0.386. The minimum atomic E-state index is 0.0114. The van der Waals surface area contributed by atoms with Crippen LogP contribution in [0.3, 0.4) is 0 Å². The Balaban J connectivity index is 2.58. The molecule has 0 aromatic heterocycles. The smallest absolute Gasteiger partial charge is 0.141 e. The van der Waals surface area contributed by atoms with Crippen LogP contribution in [-0.4, -0.2) is 24.5 Å². The number of carbonyl (C=O) groups excluding carboxylic acids is 1. The second kappa shape index (κ2) is 5.51. The summed E-state index contributed by atoms with van der Waals surface area (Å²) in [5.74, 6) is 0.411. The first-order valence-electron chi connectivity index (χ1n) is 5.08. The van der Waals surface area contributed by atoms with E-state index in [-0.39, 0.29) is 17.5 Å². The topological polar surface area (TPSA) is 49.3 Å². The Morgan fingerprint density at radius 1 is 1.53 bits per heavy atom. The highest BCUT2D eigenvalue weighted by Crippen LogP contribution is 2.13. The summed E-state index contributed by atoms with van der Waals surface area (Å²) >= 11 is 0. The number of phenolic OH excluding ortho intramolecular Hbond substituents is 1. The van der Waals surface area contributed by atoms with E-state index >= 15 is 0 Å². The van der Waals surface area contributed by atoms with E-state index in [1.165, 1.54) is 0 Å². The summed E-state index contributed by atoms with van der Waals surface area (Å²) in [4.78, 5) is 11.7. The van der Waals surface area contributed by atoms with Crippen molar-refractivity contribution in [1.82, 2.24) is 5.32 Å². The van der Waals surface area contributed by atoms with E-state index in [9.17, 15) is 9.90 Å². The van der Waals surface area contributed by atoms with Gasteiger partial charge < -0.3 is 10.4 Å². The van der Waals surface area contributed by atoms with E-state index in [2.05, 4.69) is 5.32 Å². The van der Waals surface area contributed by atoms with Gasteiger partial charge in [-0.05, 0) is 24.7 Å². The quantitative estimate of drug-likeness (QED) is 0.766. The van der Waals surface area contributed by atoms with E-state index in [1.807, 2.05) is 20.0 Å². The Kier molecular flexibility index (Phi) is 4.31. The molecule has 0 radical (unpaired) electrons. The molecule has 0 saturated heterocycles. The van der Waals surface area contributed by atoms with Crippen LogP contribution < -0.4 is 5.32 Å². The normalized spacial score (nSPS) is 12.4. The van der Waals surface area contributed by atoms with Gasteiger partial charge in [0.2, 0.25) is 0 Å². The number of carbonyl (C=O) groups is 1. The van der Waals surface area contributed by atoms with E-state index in [4.69, 9.17) is 0 Å². The predicted octanol–water partition coefficient (Wildman–Crippen LogP) is 1.36. The molecule has 0 heterocycles. The number of nitrogens with one attached hydrogen (secondary N) is 1. The molecule has 1 atom stereocenters. The maximum absolute atomic E-state index is 11.7. The highest BCUT2D eigenvalue weighted by molar-refractivity contribution is 5.83. The van der Waals surface area contributed by atoms with Crippen molar-refractivity contribution in [3.05, 3.63) is 29.8 Å². The molecule has 1 aromatic carbocycles. The zero-order valence-corrected chi connectivity index (χ0v) is 9.16. The third-order valence-corrected chi connectivity index (χ3v) is 2.35. The van der Waals surface area contributed by atoms with Crippen LogP contribution in [0.5, 0.6) is 5.75 Å². The molecule has 82 valence electrons. The fourth-order valence-corrected chi connectivity index (χ4v) is 1.46. The molecule has 3 heteroatoms. The van der Waals surface area contributed by atoms with Gasteiger partial charge >= 0.3 is 0 Å². The minimum absolute atomic E-state index is 0.0114. The van der Waals surface area contributed by atoms with Gasteiger partial charge in [-0.3, -0.25) is 4.79 Å².